The van der Waals surface area contributed by atoms with Crippen molar-refractivity contribution in [3.05, 3.63) is 31.9 Å². The molecule has 1 heterocycles. The van der Waals surface area contributed by atoms with Crippen LogP contribution in [0, 0.1) is 0 Å². The lowest BCUT2D eigenvalue weighted by Crippen LogP contribution is -2.06. The molecule has 0 saturated carbocycles. The third-order valence-electron chi connectivity index (χ3n) is 2.83. The number of hydrogen-bond donors (Lipinski definition) is 1. The summed E-state index contributed by atoms with van der Waals surface area (Å²) in [6.07, 6.45) is 1.96. The van der Waals surface area contributed by atoms with Crippen molar-refractivity contribution in [3.63, 3.8) is 0 Å². The Morgan fingerprint density at radius 3 is 2.72 bits per heavy atom. The molecule has 0 fully saturated rings. The molecule has 2 aromatic rings. The third-order valence-corrected chi connectivity index (χ3v) is 4.35. The molecule has 0 aliphatic rings. The van der Waals surface area contributed by atoms with E-state index in [1.807, 2.05) is 7.05 Å². The van der Waals surface area contributed by atoms with Crippen molar-refractivity contribution < 1.29 is 4.42 Å². The molecule has 2 rings (SSSR count). The maximum Gasteiger partial charge on any atom is 0.154 e. The molecule has 0 bridgehead atoms. The molecule has 18 heavy (non-hydrogen) atoms. The zero-order chi connectivity index (χ0) is 13.3. The van der Waals surface area contributed by atoms with E-state index in [1.165, 1.54) is 0 Å². The van der Waals surface area contributed by atoms with Crippen LogP contribution in [-0.4, -0.2) is 7.05 Å². The molecule has 0 spiro atoms. The number of benzene rings is 1. The summed E-state index contributed by atoms with van der Waals surface area (Å²) in [4.78, 5) is 0. The van der Waals surface area contributed by atoms with Crippen molar-refractivity contribution in [2.75, 3.05) is 7.05 Å². The summed E-state index contributed by atoms with van der Waals surface area (Å²) in [5, 5.41) is 5.29. The summed E-state index contributed by atoms with van der Waals surface area (Å²) in [5.74, 6) is 0.913. The number of hydrogen-bond acceptors (Lipinski definition) is 2. The van der Waals surface area contributed by atoms with Gasteiger partial charge in [-0.3, -0.25) is 0 Å². The molecule has 1 aromatic carbocycles. The Bertz CT molecular complexity index is 580. The van der Waals surface area contributed by atoms with E-state index in [2.05, 4.69) is 28.2 Å². The van der Waals surface area contributed by atoms with Crippen LogP contribution in [0.1, 0.15) is 24.7 Å². The summed E-state index contributed by atoms with van der Waals surface area (Å²) in [6.45, 7) is 2.81. The van der Waals surface area contributed by atoms with Crippen molar-refractivity contribution in [1.82, 2.24) is 5.32 Å². The highest BCUT2D eigenvalue weighted by molar-refractivity contribution is 9.10. The van der Waals surface area contributed by atoms with Gasteiger partial charge in [0, 0.05) is 15.4 Å². The summed E-state index contributed by atoms with van der Waals surface area (Å²) in [7, 11) is 1.89. The highest BCUT2D eigenvalue weighted by atomic mass is 79.9. The molecular formula is C13H14BrCl2NO. The predicted molar refractivity (Wildman–Crippen MR) is 80.7 cm³/mol. The Morgan fingerprint density at radius 2 is 2.11 bits per heavy atom. The van der Waals surface area contributed by atoms with E-state index >= 15 is 0 Å². The fourth-order valence-corrected chi connectivity index (χ4v) is 3.15. The molecule has 0 unspecified atom stereocenters. The second-order valence-corrected chi connectivity index (χ2v) is 5.78. The van der Waals surface area contributed by atoms with Crippen LogP contribution in [0.3, 0.4) is 0 Å². The highest BCUT2D eigenvalue weighted by Gasteiger charge is 2.19. The van der Waals surface area contributed by atoms with Gasteiger partial charge in [0.15, 0.2) is 5.58 Å². The second kappa shape index (κ2) is 5.83. The minimum atomic E-state index is 0.584. The van der Waals surface area contributed by atoms with Crippen LogP contribution in [-0.2, 0) is 13.0 Å². The summed E-state index contributed by atoms with van der Waals surface area (Å²) < 4.78 is 6.66. The van der Waals surface area contributed by atoms with Gasteiger partial charge in [0.25, 0.3) is 0 Å². The number of nitrogens with one attached hydrogen (secondary N) is 1. The first-order valence-corrected chi connectivity index (χ1v) is 7.37. The van der Waals surface area contributed by atoms with Gasteiger partial charge in [-0.25, -0.2) is 0 Å². The van der Waals surface area contributed by atoms with E-state index in [1.54, 1.807) is 6.07 Å². The van der Waals surface area contributed by atoms with Crippen LogP contribution in [0.5, 0.6) is 0 Å². The molecule has 0 aliphatic heterocycles. The van der Waals surface area contributed by atoms with Crippen LogP contribution in [0.2, 0.25) is 10.0 Å². The molecule has 0 aliphatic carbocycles. The van der Waals surface area contributed by atoms with Crippen LogP contribution in [0.15, 0.2) is 15.0 Å². The minimum absolute atomic E-state index is 0.584. The van der Waals surface area contributed by atoms with Gasteiger partial charge in [-0.05, 0) is 35.5 Å². The number of rotatable bonds is 4. The summed E-state index contributed by atoms with van der Waals surface area (Å²) in [5.41, 5.74) is 1.83. The molecule has 0 saturated heterocycles. The Labute approximate surface area is 125 Å². The number of furan rings is 1. The van der Waals surface area contributed by atoms with Gasteiger partial charge in [-0.15, -0.1) is 0 Å². The van der Waals surface area contributed by atoms with E-state index in [9.17, 15) is 0 Å². The SMILES string of the molecule is CCCc1c(CNC)oc2c(Cl)cc(Br)c(Cl)c12. The van der Waals surface area contributed by atoms with Gasteiger partial charge < -0.3 is 9.73 Å². The van der Waals surface area contributed by atoms with Gasteiger partial charge in [0.2, 0.25) is 0 Å². The van der Waals surface area contributed by atoms with Crippen molar-refractivity contribution in [3.8, 4) is 0 Å². The quantitative estimate of drug-likeness (QED) is 0.769. The number of fused-ring (bicyclic) bond motifs is 1. The Kier molecular flexibility index (Phi) is 4.59. The summed E-state index contributed by atoms with van der Waals surface area (Å²) in [6, 6.07) is 1.77. The lowest BCUT2D eigenvalue weighted by molar-refractivity contribution is 0.523. The van der Waals surface area contributed by atoms with Crippen molar-refractivity contribution >= 4 is 50.1 Å². The zero-order valence-electron chi connectivity index (χ0n) is 10.2. The molecule has 98 valence electrons. The van der Waals surface area contributed by atoms with Crippen molar-refractivity contribution in [2.45, 2.75) is 26.3 Å². The molecule has 2 nitrogen and oxygen atoms in total. The average molecular weight is 351 g/mol. The monoisotopic (exact) mass is 349 g/mol. The second-order valence-electron chi connectivity index (χ2n) is 4.14. The smallest absolute Gasteiger partial charge is 0.154 e. The Hall–Kier alpha value is -0.220. The number of aryl methyl sites for hydroxylation is 1. The third kappa shape index (κ3) is 2.42. The Morgan fingerprint density at radius 1 is 1.39 bits per heavy atom. The molecule has 0 radical (unpaired) electrons. The summed E-state index contributed by atoms with van der Waals surface area (Å²) >= 11 is 16.0. The van der Waals surface area contributed by atoms with Crippen LogP contribution in [0.25, 0.3) is 11.0 Å². The molecule has 5 heteroatoms. The number of halogens is 3. The Balaban J connectivity index is 2.76. The molecule has 1 N–H and O–H groups in total. The van der Waals surface area contributed by atoms with E-state index < -0.39 is 0 Å². The van der Waals surface area contributed by atoms with Gasteiger partial charge in [0.05, 0.1) is 16.6 Å². The molecule has 1 aromatic heterocycles. The first-order chi connectivity index (χ1) is 8.60. The van der Waals surface area contributed by atoms with Gasteiger partial charge >= 0.3 is 0 Å². The normalized spacial score (nSPS) is 11.4. The topological polar surface area (TPSA) is 25.2 Å². The maximum atomic E-state index is 6.37. The van der Waals surface area contributed by atoms with Gasteiger partial charge in [-0.1, -0.05) is 36.5 Å². The van der Waals surface area contributed by atoms with E-state index in [4.69, 9.17) is 27.6 Å². The standard InChI is InChI=1S/C13H14BrCl2NO/c1-3-4-7-10(6-17-2)18-13-9(15)5-8(14)12(16)11(7)13/h5,17H,3-4,6H2,1-2H3. The zero-order valence-corrected chi connectivity index (χ0v) is 13.3. The van der Waals surface area contributed by atoms with Gasteiger partial charge in [-0.2, -0.15) is 0 Å². The predicted octanol–water partition coefficient (Wildman–Crippen LogP) is 5.17. The maximum absolute atomic E-state index is 6.37. The van der Waals surface area contributed by atoms with Crippen molar-refractivity contribution in [2.24, 2.45) is 0 Å². The first kappa shape index (κ1) is 14.2. The van der Waals surface area contributed by atoms with Crippen LogP contribution >= 0.6 is 39.1 Å². The largest absolute Gasteiger partial charge is 0.458 e. The molecular weight excluding hydrogens is 337 g/mol. The molecule has 0 atom stereocenters. The minimum Gasteiger partial charge on any atom is -0.458 e. The fourth-order valence-electron chi connectivity index (χ4n) is 2.09. The van der Waals surface area contributed by atoms with Crippen LogP contribution < -0.4 is 5.32 Å². The van der Waals surface area contributed by atoms with Crippen LogP contribution in [0.4, 0.5) is 0 Å². The average Bonchev–Trinajstić information content (AvgIpc) is 2.67. The van der Waals surface area contributed by atoms with Gasteiger partial charge in [0.1, 0.15) is 5.76 Å². The molecule has 0 amide bonds. The van der Waals surface area contributed by atoms with E-state index in [0.717, 1.165) is 34.0 Å². The fraction of sp³-hybridized carbons (Fsp3) is 0.385. The first-order valence-electron chi connectivity index (χ1n) is 5.82. The van der Waals surface area contributed by atoms with E-state index in [0.29, 0.717) is 22.2 Å². The van der Waals surface area contributed by atoms with E-state index in [-0.39, 0.29) is 0 Å². The highest BCUT2D eigenvalue weighted by Crippen LogP contribution is 2.41. The lowest BCUT2D eigenvalue weighted by atomic mass is 10.1. The lowest BCUT2D eigenvalue weighted by Gasteiger charge is -2.03. The van der Waals surface area contributed by atoms with Crippen molar-refractivity contribution in [1.29, 1.82) is 0 Å².